The van der Waals surface area contributed by atoms with Crippen LogP contribution in [-0.2, 0) is 16.0 Å². The molecule has 124 valence electrons. The number of fused-ring (bicyclic) bond motifs is 1. The van der Waals surface area contributed by atoms with Crippen LogP contribution < -0.4 is 0 Å². The minimum Gasteiger partial charge on any atom is -0.377 e. The minimum absolute atomic E-state index is 0.0267. The third-order valence-electron chi connectivity index (χ3n) is 5.35. The van der Waals surface area contributed by atoms with Gasteiger partial charge in [-0.25, -0.2) is 0 Å². The molecular formula is C17H22N2O4. The van der Waals surface area contributed by atoms with Gasteiger partial charge in [0, 0.05) is 43.2 Å². The van der Waals surface area contributed by atoms with Gasteiger partial charge in [0.2, 0.25) is 5.91 Å². The quantitative estimate of drug-likeness (QED) is 0.631. The number of rotatable bonds is 4. The molecule has 1 aromatic carbocycles. The van der Waals surface area contributed by atoms with Crippen molar-refractivity contribution in [2.75, 3.05) is 13.7 Å². The summed E-state index contributed by atoms with van der Waals surface area (Å²) in [4.78, 5) is 24.7. The molecule has 1 aliphatic carbocycles. The highest BCUT2D eigenvalue weighted by molar-refractivity contribution is 5.79. The third kappa shape index (κ3) is 2.61. The van der Waals surface area contributed by atoms with Crippen LogP contribution in [0.4, 0.5) is 5.69 Å². The van der Waals surface area contributed by atoms with Gasteiger partial charge in [0.1, 0.15) is 0 Å². The van der Waals surface area contributed by atoms with Crippen molar-refractivity contribution in [2.24, 2.45) is 11.3 Å². The number of nitrogens with zero attached hydrogens (tertiary/aromatic N) is 2. The van der Waals surface area contributed by atoms with Crippen molar-refractivity contribution in [1.82, 2.24) is 4.90 Å². The van der Waals surface area contributed by atoms with E-state index >= 15 is 0 Å². The average molecular weight is 318 g/mol. The van der Waals surface area contributed by atoms with E-state index in [2.05, 4.69) is 13.8 Å². The summed E-state index contributed by atoms with van der Waals surface area (Å²) in [5, 5.41) is 10.7. The lowest BCUT2D eigenvalue weighted by Crippen LogP contribution is -2.67. The number of likely N-dealkylation sites (N-methyl/N-ethyl adjacent to an activating group) is 1. The molecule has 6 nitrogen and oxygen atoms in total. The number of non-ortho nitro benzene ring substituents is 1. The number of hydrogen-bond donors (Lipinski definition) is 0. The normalized spacial score (nSPS) is 27.9. The van der Waals surface area contributed by atoms with Crippen LogP contribution in [0.1, 0.15) is 25.8 Å². The number of nitro benzene ring substituents is 1. The Morgan fingerprint density at radius 2 is 2.04 bits per heavy atom. The second-order valence-electron chi connectivity index (χ2n) is 7.12. The zero-order valence-electron chi connectivity index (χ0n) is 13.7. The molecule has 1 aliphatic heterocycles. The van der Waals surface area contributed by atoms with Gasteiger partial charge in [-0.2, -0.15) is 0 Å². The second kappa shape index (κ2) is 5.60. The van der Waals surface area contributed by atoms with Crippen LogP contribution in [0.25, 0.3) is 0 Å². The molecule has 2 aliphatic rings. The lowest BCUT2D eigenvalue weighted by Gasteiger charge is -2.57. The Morgan fingerprint density at radius 1 is 1.39 bits per heavy atom. The zero-order valence-corrected chi connectivity index (χ0v) is 13.7. The highest BCUT2D eigenvalue weighted by Crippen LogP contribution is 2.54. The van der Waals surface area contributed by atoms with Gasteiger partial charge in [0.15, 0.2) is 0 Å². The van der Waals surface area contributed by atoms with E-state index in [1.54, 1.807) is 12.1 Å². The summed E-state index contributed by atoms with van der Waals surface area (Å²) in [6, 6.07) is 6.38. The predicted octanol–water partition coefficient (Wildman–Crippen LogP) is 2.41. The van der Waals surface area contributed by atoms with Crippen LogP contribution in [0.15, 0.2) is 24.3 Å². The monoisotopic (exact) mass is 318 g/mol. The van der Waals surface area contributed by atoms with Crippen LogP contribution in [0, 0.1) is 21.4 Å². The minimum atomic E-state index is -0.436. The van der Waals surface area contributed by atoms with Crippen molar-refractivity contribution in [3.8, 4) is 0 Å². The number of nitro groups is 1. The molecular weight excluding hydrogens is 296 g/mol. The van der Waals surface area contributed by atoms with Gasteiger partial charge in [0.25, 0.3) is 5.69 Å². The second-order valence-corrected chi connectivity index (χ2v) is 7.12. The largest absolute Gasteiger partial charge is 0.377 e. The number of benzene rings is 1. The lowest BCUT2D eigenvalue weighted by molar-refractivity contribution is -0.384. The van der Waals surface area contributed by atoms with E-state index in [0.29, 0.717) is 5.92 Å². The summed E-state index contributed by atoms with van der Waals surface area (Å²) in [6.07, 6.45) is 1.52. The van der Waals surface area contributed by atoms with E-state index in [4.69, 9.17) is 4.74 Å². The molecule has 3 unspecified atom stereocenters. The molecule has 23 heavy (non-hydrogen) atoms. The maximum Gasteiger partial charge on any atom is 0.269 e. The van der Waals surface area contributed by atoms with E-state index in [1.165, 1.54) is 12.1 Å². The first kappa shape index (κ1) is 15.9. The summed E-state index contributed by atoms with van der Waals surface area (Å²) in [5.74, 6) is 0.470. The number of carbonyl (C=O) groups excluding carboxylic acids is 1. The molecule has 2 fully saturated rings. The van der Waals surface area contributed by atoms with Crippen molar-refractivity contribution in [2.45, 2.75) is 38.8 Å². The Hall–Kier alpha value is -1.95. The van der Waals surface area contributed by atoms with Crippen LogP contribution in [-0.4, -0.2) is 41.5 Å². The Bertz CT molecular complexity index is 626. The maximum atomic E-state index is 12.6. The van der Waals surface area contributed by atoms with Gasteiger partial charge < -0.3 is 9.64 Å². The van der Waals surface area contributed by atoms with Crippen LogP contribution in [0.5, 0.6) is 0 Å². The van der Waals surface area contributed by atoms with Gasteiger partial charge >= 0.3 is 0 Å². The first-order valence-corrected chi connectivity index (χ1v) is 7.93. The van der Waals surface area contributed by atoms with Crippen LogP contribution in [0.3, 0.4) is 0 Å². The molecule has 1 saturated heterocycles. The van der Waals surface area contributed by atoms with Crippen molar-refractivity contribution < 1.29 is 14.5 Å². The number of ether oxygens (including phenoxy) is 1. The number of amides is 1. The predicted molar refractivity (Wildman–Crippen MR) is 85.0 cm³/mol. The highest BCUT2D eigenvalue weighted by Gasteiger charge is 2.61. The van der Waals surface area contributed by atoms with E-state index in [-0.39, 0.29) is 35.6 Å². The first-order valence-electron chi connectivity index (χ1n) is 7.93. The molecule has 0 radical (unpaired) electrons. The summed E-state index contributed by atoms with van der Waals surface area (Å²) in [5.41, 5.74) is 0.811. The summed E-state index contributed by atoms with van der Waals surface area (Å²) < 4.78 is 5.78. The van der Waals surface area contributed by atoms with E-state index < -0.39 is 4.92 Å². The fraction of sp³-hybridized carbons (Fsp3) is 0.588. The Labute approximate surface area is 135 Å². The molecule has 0 bridgehead atoms. The molecule has 1 amide bonds. The van der Waals surface area contributed by atoms with Gasteiger partial charge in [-0.3, -0.25) is 14.9 Å². The maximum absolute atomic E-state index is 12.6. The van der Waals surface area contributed by atoms with E-state index in [1.807, 2.05) is 11.9 Å². The Kier molecular flexibility index (Phi) is 3.88. The van der Waals surface area contributed by atoms with Crippen molar-refractivity contribution in [1.29, 1.82) is 0 Å². The standard InChI is InChI=1S/C17H22N2O4/c1-17(2)15(13-8-9-23-16(13)17)18(3)14(20)10-11-4-6-12(7-5-11)19(21)22/h4-7,13,15-16H,8-10H2,1-3H3. The molecule has 1 heterocycles. The first-order chi connectivity index (χ1) is 10.8. The number of carbonyl (C=O) groups is 1. The molecule has 1 saturated carbocycles. The van der Waals surface area contributed by atoms with Gasteiger partial charge in [-0.15, -0.1) is 0 Å². The third-order valence-corrected chi connectivity index (χ3v) is 5.35. The molecule has 1 aromatic rings. The summed E-state index contributed by atoms with van der Waals surface area (Å²) in [6.45, 7) is 5.08. The zero-order chi connectivity index (χ0) is 16.8. The van der Waals surface area contributed by atoms with Gasteiger partial charge in [-0.1, -0.05) is 26.0 Å². The fourth-order valence-corrected chi connectivity index (χ4v) is 4.27. The Balaban J connectivity index is 1.67. The fourth-order valence-electron chi connectivity index (χ4n) is 4.27. The van der Waals surface area contributed by atoms with Crippen LogP contribution >= 0.6 is 0 Å². The van der Waals surface area contributed by atoms with Crippen LogP contribution in [0.2, 0.25) is 0 Å². The van der Waals surface area contributed by atoms with E-state index in [9.17, 15) is 14.9 Å². The molecule has 0 aromatic heterocycles. The highest BCUT2D eigenvalue weighted by atomic mass is 16.6. The smallest absolute Gasteiger partial charge is 0.269 e. The van der Waals surface area contributed by atoms with E-state index in [0.717, 1.165) is 18.6 Å². The molecule has 3 atom stereocenters. The molecule has 6 heteroatoms. The topological polar surface area (TPSA) is 72.7 Å². The lowest BCUT2D eigenvalue weighted by atomic mass is 9.57. The average Bonchev–Trinajstić information content (AvgIpc) is 2.93. The summed E-state index contributed by atoms with van der Waals surface area (Å²) >= 11 is 0. The Morgan fingerprint density at radius 3 is 2.65 bits per heavy atom. The van der Waals surface area contributed by atoms with Crippen molar-refractivity contribution >= 4 is 11.6 Å². The van der Waals surface area contributed by atoms with Gasteiger partial charge in [0.05, 0.1) is 17.4 Å². The molecule has 0 N–H and O–H groups in total. The molecule has 0 spiro atoms. The number of hydrogen-bond acceptors (Lipinski definition) is 4. The summed E-state index contributed by atoms with van der Waals surface area (Å²) in [7, 11) is 1.86. The van der Waals surface area contributed by atoms with Gasteiger partial charge in [-0.05, 0) is 12.0 Å². The molecule has 3 rings (SSSR count). The van der Waals surface area contributed by atoms with Crippen molar-refractivity contribution in [3.05, 3.63) is 39.9 Å². The van der Waals surface area contributed by atoms with Crippen molar-refractivity contribution in [3.63, 3.8) is 0 Å². The SMILES string of the molecule is CN(C(=O)Cc1ccc([N+](=O)[O-])cc1)C1C2CCOC2C1(C)C.